The topological polar surface area (TPSA) is 90.1 Å². The summed E-state index contributed by atoms with van der Waals surface area (Å²) in [5.74, 6) is 2.18. The van der Waals surface area contributed by atoms with Crippen LogP contribution in [0.5, 0.6) is 5.75 Å². The Balaban J connectivity index is 1.79. The summed E-state index contributed by atoms with van der Waals surface area (Å²) < 4.78 is 6.86. The first-order valence-corrected chi connectivity index (χ1v) is 10.5. The number of benzene rings is 1. The van der Waals surface area contributed by atoms with Crippen LogP contribution < -0.4 is 4.74 Å². The van der Waals surface area contributed by atoms with Crippen molar-refractivity contribution in [2.24, 2.45) is 0 Å². The van der Waals surface area contributed by atoms with E-state index in [1.165, 1.54) is 6.20 Å². The van der Waals surface area contributed by atoms with Crippen LogP contribution in [-0.2, 0) is 19.4 Å². The van der Waals surface area contributed by atoms with Crippen molar-refractivity contribution >= 4 is 6.16 Å². The van der Waals surface area contributed by atoms with E-state index in [9.17, 15) is 4.79 Å². The van der Waals surface area contributed by atoms with Crippen LogP contribution in [0, 0.1) is 0 Å². The zero-order valence-electron chi connectivity index (χ0n) is 17.5. The van der Waals surface area contributed by atoms with Crippen LogP contribution in [0.1, 0.15) is 56.7 Å². The molecule has 3 aromatic rings. The van der Waals surface area contributed by atoms with Gasteiger partial charge in [-0.1, -0.05) is 51.0 Å². The van der Waals surface area contributed by atoms with Crippen molar-refractivity contribution in [2.45, 2.75) is 58.9 Å². The Bertz CT molecular complexity index is 967. The predicted octanol–water partition coefficient (Wildman–Crippen LogP) is 5.13. The lowest BCUT2D eigenvalue weighted by Crippen LogP contribution is -2.07. The Morgan fingerprint density at radius 2 is 1.80 bits per heavy atom. The molecule has 0 atom stereocenters. The van der Waals surface area contributed by atoms with Crippen molar-refractivity contribution in [2.75, 3.05) is 0 Å². The summed E-state index contributed by atoms with van der Waals surface area (Å²) >= 11 is 0. The van der Waals surface area contributed by atoms with Gasteiger partial charge in [0.1, 0.15) is 5.82 Å². The molecule has 3 rings (SSSR count). The SMILES string of the molecule is CCCCc1nc(CCCC)n(Cc2ccc(-c3ccncc3OC(=O)O)cc2)n1. The van der Waals surface area contributed by atoms with E-state index in [1.807, 2.05) is 28.9 Å². The minimum Gasteiger partial charge on any atom is -0.449 e. The minimum absolute atomic E-state index is 0.219. The quantitative estimate of drug-likeness (QED) is 0.468. The van der Waals surface area contributed by atoms with Gasteiger partial charge >= 0.3 is 6.16 Å². The van der Waals surface area contributed by atoms with Gasteiger partial charge in [0.25, 0.3) is 0 Å². The molecule has 2 aromatic heterocycles. The summed E-state index contributed by atoms with van der Waals surface area (Å²) in [6.07, 6.45) is 7.96. The largest absolute Gasteiger partial charge is 0.511 e. The van der Waals surface area contributed by atoms with E-state index in [2.05, 4.69) is 18.8 Å². The Morgan fingerprint density at radius 1 is 1.07 bits per heavy atom. The molecule has 0 aliphatic carbocycles. The lowest BCUT2D eigenvalue weighted by molar-refractivity contribution is 0.144. The van der Waals surface area contributed by atoms with Crippen LogP contribution in [0.2, 0.25) is 0 Å². The molecule has 158 valence electrons. The second kappa shape index (κ2) is 10.5. The van der Waals surface area contributed by atoms with Gasteiger partial charge in [-0.2, -0.15) is 5.10 Å². The van der Waals surface area contributed by atoms with Gasteiger partial charge in [-0.05, 0) is 30.0 Å². The molecule has 0 spiro atoms. The molecule has 0 bridgehead atoms. The third-order valence-corrected chi connectivity index (χ3v) is 4.88. The van der Waals surface area contributed by atoms with Crippen molar-refractivity contribution < 1.29 is 14.6 Å². The fourth-order valence-corrected chi connectivity index (χ4v) is 3.27. The molecule has 0 fully saturated rings. The predicted molar refractivity (Wildman–Crippen MR) is 115 cm³/mol. The molecule has 2 heterocycles. The number of pyridine rings is 1. The molecule has 0 aliphatic heterocycles. The number of aromatic nitrogens is 4. The first-order chi connectivity index (χ1) is 14.6. The highest BCUT2D eigenvalue weighted by molar-refractivity contribution is 5.73. The Labute approximate surface area is 176 Å². The zero-order chi connectivity index (χ0) is 21.3. The third-order valence-electron chi connectivity index (χ3n) is 4.88. The Morgan fingerprint density at radius 3 is 2.50 bits per heavy atom. The molecule has 0 unspecified atom stereocenters. The maximum Gasteiger partial charge on any atom is 0.511 e. The maximum absolute atomic E-state index is 10.9. The highest BCUT2D eigenvalue weighted by atomic mass is 16.7. The molecule has 0 radical (unpaired) electrons. The van der Waals surface area contributed by atoms with Gasteiger partial charge in [0.05, 0.1) is 12.7 Å². The fourth-order valence-electron chi connectivity index (χ4n) is 3.27. The van der Waals surface area contributed by atoms with Crippen LogP contribution in [0.3, 0.4) is 0 Å². The first-order valence-electron chi connectivity index (χ1n) is 10.5. The Kier molecular flexibility index (Phi) is 7.54. The van der Waals surface area contributed by atoms with Gasteiger partial charge in [-0.3, -0.25) is 4.98 Å². The van der Waals surface area contributed by atoms with Crippen molar-refractivity contribution in [3.8, 4) is 16.9 Å². The monoisotopic (exact) mass is 408 g/mol. The highest BCUT2D eigenvalue weighted by Crippen LogP contribution is 2.29. The van der Waals surface area contributed by atoms with Crippen LogP contribution in [-0.4, -0.2) is 31.0 Å². The molecule has 0 saturated carbocycles. The number of hydrogen-bond acceptors (Lipinski definition) is 5. The van der Waals surface area contributed by atoms with E-state index in [4.69, 9.17) is 19.9 Å². The number of ether oxygens (including phenoxy) is 1. The maximum atomic E-state index is 10.9. The lowest BCUT2D eigenvalue weighted by Gasteiger charge is -2.09. The van der Waals surface area contributed by atoms with Crippen molar-refractivity contribution in [1.82, 2.24) is 19.7 Å². The van der Waals surface area contributed by atoms with E-state index in [0.29, 0.717) is 12.1 Å². The van der Waals surface area contributed by atoms with E-state index >= 15 is 0 Å². The summed E-state index contributed by atoms with van der Waals surface area (Å²) in [5, 5.41) is 13.7. The number of unbranched alkanes of at least 4 members (excludes halogenated alkanes) is 2. The van der Waals surface area contributed by atoms with E-state index in [-0.39, 0.29) is 5.75 Å². The van der Waals surface area contributed by atoms with Gasteiger partial charge in [0.2, 0.25) is 0 Å². The summed E-state index contributed by atoms with van der Waals surface area (Å²) in [7, 11) is 0. The normalized spacial score (nSPS) is 10.9. The molecule has 1 aromatic carbocycles. The first kappa shape index (κ1) is 21.5. The van der Waals surface area contributed by atoms with Gasteiger partial charge in [-0.25, -0.2) is 14.5 Å². The van der Waals surface area contributed by atoms with Crippen molar-refractivity contribution in [3.05, 3.63) is 59.9 Å². The molecule has 0 amide bonds. The molecule has 7 nitrogen and oxygen atoms in total. The number of hydrogen-bond donors (Lipinski definition) is 1. The molecular formula is C23H28N4O3. The van der Waals surface area contributed by atoms with Crippen LogP contribution >= 0.6 is 0 Å². The van der Waals surface area contributed by atoms with E-state index in [0.717, 1.165) is 61.3 Å². The minimum atomic E-state index is -1.36. The molecule has 0 aliphatic rings. The molecule has 7 heteroatoms. The van der Waals surface area contributed by atoms with Crippen molar-refractivity contribution in [3.63, 3.8) is 0 Å². The van der Waals surface area contributed by atoms with Crippen molar-refractivity contribution in [1.29, 1.82) is 0 Å². The molecule has 1 N–H and O–H groups in total. The van der Waals surface area contributed by atoms with E-state index in [1.54, 1.807) is 12.3 Å². The summed E-state index contributed by atoms with van der Waals surface area (Å²) in [6.45, 7) is 5.01. The van der Waals surface area contributed by atoms with E-state index < -0.39 is 6.16 Å². The molecule has 30 heavy (non-hydrogen) atoms. The standard InChI is InChI=1S/C23H28N4O3/c1-3-5-7-21-25-22(8-6-4-2)27(26-21)16-17-9-11-18(12-10-17)19-13-14-24-15-20(19)30-23(28)29/h9-15H,3-8,16H2,1-2H3,(H,28,29). The summed E-state index contributed by atoms with van der Waals surface area (Å²) in [5.41, 5.74) is 2.66. The number of rotatable bonds is 10. The molecule has 0 saturated heterocycles. The van der Waals surface area contributed by atoms with Gasteiger partial charge in [0.15, 0.2) is 11.6 Å². The smallest absolute Gasteiger partial charge is 0.449 e. The molecular weight excluding hydrogens is 380 g/mol. The number of aryl methyl sites for hydroxylation is 2. The number of nitrogens with zero attached hydrogens (tertiary/aromatic N) is 4. The van der Waals surface area contributed by atoms with Crippen LogP contribution in [0.15, 0.2) is 42.7 Å². The second-order valence-corrected chi connectivity index (χ2v) is 7.25. The average molecular weight is 409 g/mol. The summed E-state index contributed by atoms with van der Waals surface area (Å²) in [6, 6.07) is 9.71. The van der Waals surface area contributed by atoms with Gasteiger partial charge in [-0.15, -0.1) is 0 Å². The number of carboxylic acid groups (broad SMARTS) is 1. The van der Waals surface area contributed by atoms with Crippen LogP contribution in [0.25, 0.3) is 11.1 Å². The second-order valence-electron chi connectivity index (χ2n) is 7.25. The lowest BCUT2D eigenvalue weighted by atomic mass is 10.0. The highest BCUT2D eigenvalue weighted by Gasteiger charge is 2.12. The number of carbonyl (C=O) groups is 1. The van der Waals surface area contributed by atoms with Gasteiger partial charge < -0.3 is 9.84 Å². The average Bonchev–Trinajstić information content (AvgIpc) is 3.12. The zero-order valence-corrected chi connectivity index (χ0v) is 17.5. The third kappa shape index (κ3) is 5.65. The Hall–Kier alpha value is -3.22. The van der Waals surface area contributed by atoms with Gasteiger partial charge in [0, 0.05) is 24.6 Å². The summed E-state index contributed by atoms with van der Waals surface area (Å²) in [4.78, 5) is 19.6. The van der Waals surface area contributed by atoms with Crippen LogP contribution in [0.4, 0.5) is 4.79 Å². The fraction of sp³-hybridized carbons (Fsp3) is 0.391.